The van der Waals surface area contributed by atoms with Crippen LogP contribution in [0.1, 0.15) is 23.6 Å². The Morgan fingerprint density at radius 1 is 1.11 bits per heavy atom. The number of aromatic nitrogens is 2. The van der Waals surface area contributed by atoms with Gasteiger partial charge in [0.15, 0.2) is 0 Å². The second kappa shape index (κ2) is 7.07. The number of rotatable bonds is 4. The summed E-state index contributed by atoms with van der Waals surface area (Å²) in [5, 5.41) is 15.1. The molecule has 8 heteroatoms. The number of H-pyrrole nitrogens is 1. The first-order valence-electron chi connectivity index (χ1n) is 8.69. The third-order valence-electron chi connectivity index (χ3n) is 4.66. The van der Waals surface area contributed by atoms with Crippen LogP contribution in [0.25, 0.3) is 5.69 Å². The van der Waals surface area contributed by atoms with E-state index in [1.54, 1.807) is 24.3 Å². The van der Waals surface area contributed by atoms with Crippen LogP contribution in [0.15, 0.2) is 69.3 Å². The van der Waals surface area contributed by atoms with Gasteiger partial charge < -0.3 is 15.3 Å². The van der Waals surface area contributed by atoms with E-state index in [-0.39, 0.29) is 11.6 Å². The van der Waals surface area contributed by atoms with Crippen molar-refractivity contribution >= 4 is 5.71 Å². The van der Waals surface area contributed by atoms with Crippen molar-refractivity contribution in [2.24, 2.45) is 5.10 Å². The average molecular weight is 378 g/mol. The van der Waals surface area contributed by atoms with Gasteiger partial charge in [-0.3, -0.25) is 9.78 Å². The minimum Gasteiger partial charge on any atom is -0.495 e. The first-order valence-corrected chi connectivity index (χ1v) is 8.69. The number of benzene rings is 2. The fourth-order valence-corrected chi connectivity index (χ4v) is 3.30. The number of hydrogen-bond donors (Lipinski definition) is 3. The summed E-state index contributed by atoms with van der Waals surface area (Å²) in [4.78, 5) is 27.1. The average Bonchev–Trinajstić information content (AvgIpc) is 3.18. The minimum absolute atomic E-state index is 0.0450. The number of hydrazone groups is 1. The van der Waals surface area contributed by atoms with Crippen molar-refractivity contribution < 1.29 is 9.84 Å². The van der Waals surface area contributed by atoms with Gasteiger partial charge in [0, 0.05) is 6.42 Å². The maximum absolute atomic E-state index is 12.5. The van der Waals surface area contributed by atoms with Crippen molar-refractivity contribution in [3.05, 3.63) is 86.6 Å². The maximum Gasteiger partial charge on any atom is 0.335 e. The Kier molecular flexibility index (Phi) is 4.44. The van der Waals surface area contributed by atoms with Crippen LogP contribution in [0.3, 0.4) is 0 Å². The lowest BCUT2D eigenvalue weighted by atomic mass is 10.00. The molecule has 0 saturated carbocycles. The van der Waals surface area contributed by atoms with Crippen molar-refractivity contribution in [1.82, 2.24) is 15.0 Å². The number of methoxy groups -OCH3 is 1. The number of aromatic amines is 1. The molecule has 0 saturated heterocycles. The van der Waals surface area contributed by atoms with Gasteiger partial charge in [-0.2, -0.15) is 5.10 Å². The molecule has 8 nitrogen and oxygen atoms in total. The molecular formula is C20H18N4O4. The molecule has 1 aliphatic heterocycles. The summed E-state index contributed by atoms with van der Waals surface area (Å²) in [7, 11) is 1.46. The molecule has 2 heterocycles. The molecule has 28 heavy (non-hydrogen) atoms. The third kappa shape index (κ3) is 2.94. The standard InChI is InChI=1S/C20H18N4O4/c1-28-16-10-6-5-9-15(16)24-19(26)17(18(25)21-20(24)27)14-11-13(22-23-14)12-7-3-2-4-8-12/h2-10,13,22,26H,11H2,1H3,(H,21,25,27)/t13-/m1/s1. The molecule has 0 amide bonds. The third-order valence-corrected chi connectivity index (χ3v) is 4.66. The topological polar surface area (TPSA) is 109 Å². The second-order valence-corrected chi connectivity index (χ2v) is 6.32. The predicted octanol–water partition coefficient (Wildman–Crippen LogP) is 1.68. The van der Waals surface area contributed by atoms with Gasteiger partial charge in [-0.1, -0.05) is 42.5 Å². The van der Waals surface area contributed by atoms with Crippen molar-refractivity contribution in [2.75, 3.05) is 7.11 Å². The van der Waals surface area contributed by atoms with Gasteiger partial charge in [-0.25, -0.2) is 9.36 Å². The fourth-order valence-electron chi connectivity index (χ4n) is 3.30. The number of aromatic hydroxyl groups is 1. The Balaban J connectivity index is 1.79. The first kappa shape index (κ1) is 17.6. The highest BCUT2D eigenvalue weighted by molar-refractivity contribution is 6.03. The van der Waals surface area contributed by atoms with Gasteiger partial charge >= 0.3 is 5.69 Å². The van der Waals surface area contributed by atoms with Gasteiger partial charge in [0.25, 0.3) is 5.56 Å². The van der Waals surface area contributed by atoms with Crippen LogP contribution in [-0.4, -0.2) is 27.5 Å². The predicted molar refractivity (Wildman–Crippen MR) is 104 cm³/mol. The van der Waals surface area contributed by atoms with E-state index in [4.69, 9.17) is 4.74 Å². The van der Waals surface area contributed by atoms with Crippen LogP contribution in [0.4, 0.5) is 0 Å². The zero-order valence-corrected chi connectivity index (χ0v) is 15.0. The molecule has 0 spiro atoms. The highest BCUT2D eigenvalue weighted by atomic mass is 16.5. The van der Waals surface area contributed by atoms with E-state index in [1.807, 2.05) is 30.3 Å². The first-order chi connectivity index (χ1) is 13.6. The summed E-state index contributed by atoms with van der Waals surface area (Å²) in [5.74, 6) is -0.0981. The number of nitrogens with one attached hydrogen (secondary N) is 2. The maximum atomic E-state index is 12.5. The molecule has 0 bridgehead atoms. The lowest BCUT2D eigenvalue weighted by molar-refractivity contribution is 0.401. The molecule has 3 aromatic rings. The smallest absolute Gasteiger partial charge is 0.335 e. The quantitative estimate of drug-likeness (QED) is 0.640. The molecule has 0 aliphatic carbocycles. The Hall–Kier alpha value is -3.81. The van der Waals surface area contributed by atoms with E-state index in [2.05, 4.69) is 15.5 Å². The summed E-state index contributed by atoms with van der Waals surface area (Å²) in [6.07, 6.45) is 0.394. The summed E-state index contributed by atoms with van der Waals surface area (Å²) in [6, 6.07) is 16.3. The van der Waals surface area contributed by atoms with Crippen LogP contribution in [-0.2, 0) is 0 Å². The van der Waals surface area contributed by atoms with E-state index in [0.29, 0.717) is 23.6 Å². The van der Waals surface area contributed by atoms with Crippen molar-refractivity contribution in [3.63, 3.8) is 0 Å². The Morgan fingerprint density at radius 2 is 1.82 bits per heavy atom. The molecule has 3 N–H and O–H groups in total. The minimum atomic E-state index is -0.762. The highest BCUT2D eigenvalue weighted by Gasteiger charge is 2.28. The number of hydrogen-bond acceptors (Lipinski definition) is 6. The van der Waals surface area contributed by atoms with E-state index in [9.17, 15) is 14.7 Å². The Bertz CT molecular complexity index is 1160. The molecular weight excluding hydrogens is 360 g/mol. The van der Waals surface area contributed by atoms with Gasteiger partial charge in [0.05, 0.1) is 24.6 Å². The Morgan fingerprint density at radius 3 is 2.57 bits per heavy atom. The lowest BCUT2D eigenvalue weighted by Gasteiger charge is -2.14. The lowest BCUT2D eigenvalue weighted by Crippen LogP contribution is -2.33. The molecule has 1 aromatic heterocycles. The summed E-state index contributed by atoms with van der Waals surface area (Å²) in [6.45, 7) is 0. The van der Waals surface area contributed by atoms with Crippen LogP contribution < -0.4 is 21.4 Å². The molecule has 2 aromatic carbocycles. The monoisotopic (exact) mass is 378 g/mol. The Labute approximate surface area is 159 Å². The van der Waals surface area contributed by atoms with Crippen LogP contribution in [0, 0.1) is 0 Å². The van der Waals surface area contributed by atoms with Crippen LogP contribution >= 0.6 is 0 Å². The molecule has 1 aliphatic rings. The largest absolute Gasteiger partial charge is 0.495 e. The second-order valence-electron chi connectivity index (χ2n) is 6.32. The SMILES string of the molecule is COc1ccccc1-n1c(O)c(C2=NN[C@@H](c3ccccc3)C2)c(=O)[nH]c1=O. The van der Waals surface area contributed by atoms with Gasteiger partial charge in [0.1, 0.15) is 11.3 Å². The van der Waals surface area contributed by atoms with E-state index in [0.717, 1.165) is 10.1 Å². The number of nitrogens with zero attached hydrogens (tertiary/aromatic N) is 2. The van der Waals surface area contributed by atoms with Crippen molar-refractivity contribution in [1.29, 1.82) is 0 Å². The van der Waals surface area contributed by atoms with E-state index < -0.39 is 17.1 Å². The summed E-state index contributed by atoms with van der Waals surface area (Å²) >= 11 is 0. The van der Waals surface area contributed by atoms with Gasteiger partial charge in [0.2, 0.25) is 5.88 Å². The molecule has 0 radical (unpaired) electrons. The molecule has 142 valence electrons. The molecule has 1 atom stereocenters. The molecule has 0 fully saturated rings. The zero-order valence-electron chi connectivity index (χ0n) is 15.0. The number of para-hydroxylation sites is 2. The zero-order chi connectivity index (χ0) is 19.7. The summed E-state index contributed by atoms with van der Waals surface area (Å²) in [5.41, 5.74) is 3.18. The summed E-state index contributed by atoms with van der Waals surface area (Å²) < 4.78 is 6.28. The number of ether oxygens (including phenoxy) is 1. The highest BCUT2D eigenvalue weighted by Crippen LogP contribution is 2.29. The molecule has 0 unspecified atom stereocenters. The van der Waals surface area contributed by atoms with Gasteiger partial charge in [-0.15, -0.1) is 0 Å². The van der Waals surface area contributed by atoms with Crippen molar-refractivity contribution in [2.45, 2.75) is 12.5 Å². The van der Waals surface area contributed by atoms with Gasteiger partial charge in [-0.05, 0) is 17.7 Å². The van der Waals surface area contributed by atoms with Crippen LogP contribution in [0.5, 0.6) is 11.6 Å². The van der Waals surface area contributed by atoms with Crippen LogP contribution in [0.2, 0.25) is 0 Å². The van der Waals surface area contributed by atoms with E-state index >= 15 is 0 Å². The van der Waals surface area contributed by atoms with E-state index in [1.165, 1.54) is 7.11 Å². The normalized spacial score (nSPS) is 15.8. The fraction of sp³-hybridized carbons (Fsp3) is 0.150. The molecule has 4 rings (SSSR count). The van der Waals surface area contributed by atoms with Crippen molar-refractivity contribution in [3.8, 4) is 17.3 Å².